The van der Waals surface area contributed by atoms with Gasteiger partial charge in [-0.2, -0.15) is 0 Å². The van der Waals surface area contributed by atoms with E-state index in [0.717, 1.165) is 16.8 Å². The number of anilines is 1. The molecule has 0 aromatic heterocycles. The molecule has 2 rings (SSSR count). The molecule has 0 saturated heterocycles. The van der Waals surface area contributed by atoms with Crippen LogP contribution in [-0.2, 0) is 11.3 Å². The van der Waals surface area contributed by atoms with Crippen molar-refractivity contribution in [2.24, 2.45) is 0 Å². The molecule has 22 heavy (non-hydrogen) atoms. The molecule has 4 heteroatoms. The Hall–Kier alpha value is -2.36. The lowest BCUT2D eigenvalue weighted by Crippen LogP contribution is -2.26. The summed E-state index contributed by atoms with van der Waals surface area (Å²) in [5.74, 6) is -1.10. The third kappa shape index (κ3) is 4.32. The van der Waals surface area contributed by atoms with Crippen LogP contribution in [0.3, 0.4) is 0 Å². The van der Waals surface area contributed by atoms with E-state index < -0.39 is 5.97 Å². The molecule has 1 N–H and O–H groups in total. The van der Waals surface area contributed by atoms with E-state index in [-0.39, 0.29) is 12.2 Å². The maximum absolute atomic E-state index is 13.0. The van der Waals surface area contributed by atoms with Crippen molar-refractivity contribution in [3.05, 3.63) is 65.0 Å². The van der Waals surface area contributed by atoms with E-state index in [1.165, 1.54) is 17.7 Å². The van der Waals surface area contributed by atoms with Crippen LogP contribution < -0.4 is 4.90 Å². The van der Waals surface area contributed by atoms with E-state index in [9.17, 15) is 9.18 Å². The normalized spacial score (nSPS) is 10.5. The van der Waals surface area contributed by atoms with Crippen molar-refractivity contribution in [1.82, 2.24) is 0 Å². The number of carbonyl (C=O) groups is 1. The minimum Gasteiger partial charge on any atom is -0.481 e. The molecule has 0 aliphatic rings. The number of aliphatic carboxylic acids is 1. The van der Waals surface area contributed by atoms with E-state index in [0.29, 0.717) is 13.1 Å². The van der Waals surface area contributed by atoms with Gasteiger partial charge in [0, 0.05) is 18.8 Å². The Bertz CT molecular complexity index is 653. The topological polar surface area (TPSA) is 40.5 Å². The average Bonchev–Trinajstić information content (AvgIpc) is 2.46. The van der Waals surface area contributed by atoms with Crippen LogP contribution >= 0.6 is 0 Å². The van der Waals surface area contributed by atoms with Gasteiger partial charge in [-0.1, -0.05) is 29.8 Å². The van der Waals surface area contributed by atoms with E-state index >= 15 is 0 Å². The van der Waals surface area contributed by atoms with Crippen molar-refractivity contribution in [2.45, 2.75) is 26.8 Å². The minimum absolute atomic E-state index is 0.0640. The van der Waals surface area contributed by atoms with Crippen LogP contribution in [0.25, 0.3) is 0 Å². The molecule has 0 unspecified atom stereocenters. The molecule has 0 atom stereocenters. The first kappa shape index (κ1) is 16.0. The van der Waals surface area contributed by atoms with Crippen LogP contribution in [0.15, 0.2) is 42.5 Å². The Kier molecular flexibility index (Phi) is 5.15. The Balaban J connectivity index is 2.25. The van der Waals surface area contributed by atoms with Gasteiger partial charge >= 0.3 is 5.97 Å². The number of benzene rings is 2. The summed E-state index contributed by atoms with van der Waals surface area (Å²) in [5, 5.41) is 8.95. The summed E-state index contributed by atoms with van der Waals surface area (Å²) in [4.78, 5) is 12.9. The average molecular weight is 301 g/mol. The van der Waals surface area contributed by atoms with E-state index in [2.05, 4.69) is 6.07 Å². The molecule has 0 aliphatic heterocycles. The predicted molar refractivity (Wildman–Crippen MR) is 85.6 cm³/mol. The number of hydrogen-bond donors (Lipinski definition) is 1. The molecule has 0 heterocycles. The summed E-state index contributed by atoms with van der Waals surface area (Å²) in [5.41, 5.74) is 4.23. The molecule has 0 aliphatic carbocycles. The molecule has 0 amide bonds. The van der Waals surface area contributed by atoms with E-state index in [1.807, 2.05) is 30.9 Å². The van der Waals surface area contributed by atoms with Crippen molar-refractivity contribution < 1.29 is 14.3 Å². The second-order valence-corrected chi connectivity index (χ2v) is 5.48. The molecule has 0 saturated carbocycles. The fraction of sp³-hybridized carbons (Fsp3) is 0.278. The highest BCUT2D eigenvalue weighted by molar-refractivity contribution is 5.68. The molecule has 3 nitrogen and oxygen atoms in total. The summed E-state index contributed by atoms with van der Waals surface area (Å²) >= 11 is 0. The molecule has 0 fully saturated rings. The van der Waals surface area contributed by atoms with Crippen LogP contribution in [0.5, 0.6) is 0 Å². The predicted octanol–water partition coefficient (Wildman–Crippen LogP) is 3.92. The van der Waals surface area contributed by atoms with E-state index in [1.54, 1.807) is 12.1 Å². The number of halogens is 1. The standard InChI is InChI=1S/C18H20FNO2/c1-13-3-8-17(14(2)11-13)20(10-9-18(21)22)12-15-4-6-16(19)7-5-15/h3-8,11H,9-10,12H2,1-2H3,(H,21,22). The van der Waals surface area contributed by atoms with Crippen LogP contribution in [0.2, 0.25) is 0 Å². The second kappa shape index (κ2) is 7.07. The smallest absolute Gasteiger partial charge is 0.305 e. The summed E-state index contributed by atoms with van der Waals surface area (Å²) in [7, 11) is 0. The molecular weight excluding hydrogens is 281 g/mol. The fourth-order valence-corrected chi connectivity index (χ4v) is 2.49. The first-order chi connectivity index (χ1) is 10.5. The molecule has 2 aromatic rings. The zero-order valence-electron chi connectivity index (χ0n) is 12.8. The molecule has 2 aromatic carbocycles. The second-order valence-electron chi connectivity index (χ2n) is 5.48. The zero-order chi connectivity index (χ0) is 16.1. The van der Waals surface area contributed by atoms with Gasteiger partial charge in [0.1, 0.15) is 5.82 Å². The van der Waals surface area contributed by atoms with E-state index in [4.69, 9.17) is 5.11 Å². The fourth-order valence-electron chi connectivity index (χ4n) is 2.49. The Labute approximate surface area is 130 Å². The molecule has 0 bridgehead atoms. The lowest BCUT2D eigenvalue weighted by Gasteiger charge is -2.26. The van der Waals surface area contributed by atoms with Crippen LogP contribution in [0.1, 0.15) is 23.1 Å². The molecule has 0 spiro atoms. The zero-order valence-corrected chi connectivity index (χ0v) is 12.8. The monoisotopic (exact) mass is 301 g/mol. The van der Waals surface area contributed by atoms with Gasteiger partial charge in [0.15, 0.2) is 0 Å². The van der Waals surface area contributed by atoms with Gasteiger partial charge in [-0.05, 0) is 43.2 Å². The number of hydrogen-bond acceptors (Lipinski definition) is 2. The lowest BCUT2D eigenvalue weighted by molar-refractivity contribution is -0.136. The summed E-state index contributed by atoms with van der Waals surface area (Å²) in [6.45, 7) is 5.01. The van der Waals surface area contributed by atoms with Crippen LogP contribution in [0, 0.1) is 19.7 Å². The number of carboxylic acids is 1. The number of nitrogens with zero attached hydrogens (tertiary/aromatic N) is 1. The van der Waals surface area contributed by atoms with Gasteiger partial charge in [-0.3, -0.25) is 4.79 Å². The first-order valence-electron chi connectivity index (χ1n) is 7.24. The van der Waals surface area contributed by atoms with Gasteiger partial charge in [0.2, 0.25) is 0 Å². The molecular formula is C18H20FNO2. The molecule has 116 valence electrons. The summed E-state index contributed by atoms with van der Waals surface area (Å²) in [6.07, 6.45) is 0.0640. The Morgan fingerprint density at radius 2 is 1.82 bits per heavy atom. The minimum atomic E-state index is -0.825. The molecule has 0 radical (unpaired) electrons. The summed E-state index contributed by atoms with van der Waals surface area (Å²) < 4.78 is 13.0. The number of rotatable bonds is 6. The highest BCUT2D eigenvalue weighted by atomic mass is 19.1. The largest absolute Gasteiger partial charge is 0.481 e. The van der Waals surface area contributed by atoms with Gasteiger partial charge in [-0.25, -0.2) is 4.39 Å². The van der Waals surface area contributed by atoms with Crippen molar-refractivity contribution >= 4 is 11.7 Å². The van der Waals surface area contributed by atoms with Crippen molar-refractivity contribution in [3.63, 3.8) is 0 Å². The van der Waals surface area contributed by atoms with Crippen molar-refractivity contribution in [1.29, 1.82) is 0 Å². The van der Waals surface area contributed by atoms with Crippen molar-refractivity contribution in [2.75, 3.05) is 11.4 Å². The maximum Gasteiger partial charge on any atom is 0.305 e. The van der Waals surface area contributed by atoms with Crippen LogP contribution in [0.4, 0.5) is 10.1 Å². The SMILES string of the molecule is Cc1ccc(N(CCC(=O)O)Cc2ccc(F)cc2)c(C)c1. The number of aryl methyl sites for hydroxylation is 2. The third-order valence-electron chi connectivity index (χ3n) is 3.58. The van der Waals surface area contributed by atoms with Gasteiger partial charge in [0.25, 0.3) is 0 Å². The number of carboxylic acid groups (broad SMARTS) is 1. The van der Waals surface area contributed by atoms with Gasteiger partial charge in [-0.15, -0.1) is 0 Å². The lowest BCUT2D eigenvalue weighted by atomic mass is 10.1. The van der Waals surface area contributed by atoms with Crippen molar-refractivity contribution in [3.8, 4) is 0 Å². The third-order valence-corrected chi connectivity index (χ3v) is 3.58. The Morgan fingerprint density at radius 1 is 1.14 bits per heavy atom. The Morgan fingerprint density at radius 3 is 2.41 bits per heavy atom. The first-order valence-corrected chi connectivity index (χ1v) is 7.24. The highest BCUT2D eigenvalue weighted by Gasteiger charge is 2.12. The highest BCUT2D eigenvalue weighted by Crippen LogP contribution is 2.23. The quantitative estimate of drug-likeness (QED) is 0.879. The van der Waals surface area contributed by atoms with Gasteiger partial charge < -0.3 is 10.0 Å². The van der Waals surface area contributed by atoms with Crippen LogP contribution in [-0.4, -0.2) is 17.6 Å². The summed E-state index contributed by atoms with van der Waals surface area (Å²) in [6, 6.07) is 12.4. The maximum atomic E-state index is 13.0. The van der Waals surface area contributed by atoms with Gasteiger partial charge in [0.05, 0.1) is 6.42 Å².